The summed E-state index contributed by atoms with van der Waals surface area (Å²) in [6.07, 6.45) is 2.06. The Morgan fingerprint density at radius 1 is 1.26 bits per heavy atom. The summed E-state index contributed by atoms with van der Waals surface area (Å²) in [5.41, 5.74) is 2.14. The van der Waals surface area contributed by atoms with Crippen molar-refractivity contribution in [2.75, 3.05) is 26.0 Å². The molecule has 0 radical (unpaired) electrons. The maximum Gasteiger partial charge on any atom is 0.207 e. The standard InChI is InChI=1S/C15H22N4/c1-12(10-18(3)4)16-15-17-13(2)11-19(15)14-8-6-5-7-9-14/h5-9,11-12H,10H2,1-4H3,(H,16,17). The smallest absolute Gasteiger partial charge is 0.207 e. The van der Waals surface area contributed by atoms with Crippen LogP contribution in [0.15, 0.2) is 36.5 Å². The second-order valence-electron chi connectivity index (χ2n) is 5.22. The van der Waals surface area contributed by atoms with Crippen LogP contribution < -0.4 is 5.32 Å². The molecule has 1 atom stereocenters. The molecule has 0 aliphatic heterocycles. The van der Waals surface area contributed by atoms with Gasteiger partial charge in [0.15, 0.2) is 0 Å². The lowest BCUT2D eigenvalue weighted by atomic mass is 10.3. The first-order valence-corrected chi connectivity index (χ1v) is 6.59. The monoisotopic (exact) mass is 258 g/mol. The van der Waals surface area contributed by atoms with Gasteiger partial charge in [-0.05, 0) is 40.1 Å². The summed E-state index contributed by atoms with van der Waals surface area (Å²) >= 11 is 0. The van der Waals surface area contributed by atoms with Crippen LogP contribution in [0.25, 0.3) is 5.69 Å². The molecule has 0 amide bonds. The molecule has 0 bridgehead atoms. The van der Waals surface area contributed by atoms with Gasteiger partial charge in [0.05, 0.1) is 5.69 Å². The number of hydrogen-bond donors (Lipinski definition) is 1. The Morgan fingerprint density at radius 2 is 1.95 bits per heavy atom. The fourth-order valence-corrected chi connectivity index (χ4v) is 2.20. The number of aromatic nitrogens is 2. The predicted octanol–water partition coefficient (Wildman–Crippen LogP) is 2.54. The molecule has 102 valence electrons. The van der Waals surface area contributed by atoms with Gasteiger partial charge in [-0.25, -0.2) is 4.98 Å². The van der Waals surface area contributed by atoms with E-state index >= 15 is 0 Å². The Bertz CT molecular complexity index is 516. The number of aryl methyl sites for hydroxylation is 1. The Morgan fingerprint density at radius 3 is 2.58 bits per heavy atom. The summed E-state index contributed by atoms with van der Waals surface area (Å²) in [7, 11) is 4.15. The molecule has 1 heterocycles. The normalized spacial score (nSPS) is 12.7. The number of nitrogens with one attached hydrogen (secondary N) is 1. The van der Waals surface area contributed by atoms with Gasteiger partial charge in [0.1, 0.15) is 0 Å². The molecule has 1 N–H and O–H groups in total. The molecule has 0 aliphatic rings. The maximum absolute atomic E-state index is 4.57. The SMILES string of the molecule is Cc1cn(-c2ccccc2)c(NC(C)CN(C)C)n1. The fraction of sp³-hybridized carbons (Fsp3) is 0.400. The molecule has 2 rings (SSSR count). The Labute approximate surface area is 115 Å². The summed E-state index contributed by atoms with van der Waals surface area (Å²) in [5.74, 6) is 0.901. The van der Waals surface area contributed by atoms with E-state index in [1.54, 1.807) is 0 Å². The summed E-state index contributed by atoms with van der Waals surface area (Å²) in [4.78, 5) is 6.73. The minimum atomic E-state index is 0.347. The topological polar surface area (TPSA) is 33.1 Å². The third-order valence-electron chi connectivity index (χ3n) is 2.88. The van der Waals surface area contributed by atoms with Gasteiger partial charge in [-0.2, -0.15) is 0 Å². The van der Waals surface area contributed by atoms with E-state index in [0.29, 0.717) is 6.04 Å². The van der Waals surface area contributed by atoms with E-state index in [-0.39, 0.29) is 0 Å². The van der Waals surface area contributed by atoms with Crippen molar-refractivity contribution in [3.05, 3.63) is 42.2 Å². The van der Waals surface area contributed by atoms with Crippen LogP contribution in [0.1, 0.15) is 12.6 Å². The molecule has 4 heteroatoms. The highest BCUT2D eigenvalue weighted by Crippen LogP contribution is 2.17. The first kappa shape index (κ1) is 13.6. The van der Waals surface area contributed by atoms with Crippen molar-refractivity contribution in [1.82, 2.24) is 14.5 Å². The largest absolute Gasteiger partial charge is 0.352 e. The van der Waals surface area contributed by atoms with Crippen molar-refractivity contribution in [3.8, 4) is 5.69 Å². The van der Waals surface area contributed by atoms with Gasteiger partial charge in [-0.3, -0.25) is 4.57 Å². The van der Waals surface area contributed by atoms with E-state index in [1.165, 1.54) is 0 Å². The first-order chi connectivity index (χ1) is 9.06. The summed E-state index contributed by atoms with van der Waals surface area (Å²) in [6.45, 7) is 5.15. The number of anilines is 1. The van der Waals surface area contributed by atoms with Crippen molar-refractivity contribution in [1.29, 1.82) is 0 Å². The third-order valence-corrected chi connectivity index (χ3v) is 2.88. The molecule has 1 unspecified atom stereocenters. The molecule has 0 fully saturated rings. The van der Waals surface area contributed by atoms with Crippen molar-refractivity contribution in [3.63, 3.8) is 0 Å². The van der Waals surface area contributed by atoms with Gasteiger partial charge in [0.2, 0.25) is 5.95 Å². The van der Waals surface area contributed by atoms with Crippen molar-refractivity contribution in [2.24, 2.45) is 0 Å². The lowest BCUT2D eigenvalue weighted by molar-refractivity contribution is 0.391. The van der Waals surface area contributed by atoms with Gasteiger partial charge in [0, 0.05) is 24.5 Å². The van der Waals surface area contributed by atoms with Crippen molar-refractivity contribution in [2.45, 2.75) is 19.9 Å². The van der Waals surface area contributed by atoms with Crippen LogP contribution >= 0.6 is 0 Å². The highest BCUT2D eigenvalue weighted by molar-refractivity contribution is 5.43. The summed E-state index contributed by atoms with van der Waals surface area (Å²) in [5, 5.41) is 3.47. The zero-order valence-corrected chi connectivity index (χ0v) is 12.1. The molecule has 19 heavy (non-hydrogen) atoms. The number of rotatable bonds is 5. The summed E-state index contributed by atoms with van der Waals surface area (Å²) in [6, 6.07) is 10.6. The Hall–Kier alpha value is -1.81. The lowest BCUT2D eigenvalue weighted by Gasteiger charge is -2.19. The molecule has 1 aromatic heterocycles. The first-order valence-electron chi connectivity index (χ1n) is 6.59. The Kier molecular flexibility index (Phi) is 4.22. The second kappa shape index (κ2) is 5.89. The number of imidazole rings is 1. The number of benzene rings is 1. The van der Waals surface area contributed by atoms with Crippen molar-refractivity contribution < 1.29 is 0 Å². The molecular weight excluding hydrogens is 236 g/mol. The molecular formula is C15H22N4. The summed E-state index contributed by atoms with van der Waals surface area (Å²) < 4.78 is 2.10. The quantitative estimate of drug-likeness (QED) is 0.894. The number of likely N-dealkylation sites (N-methyl/N-ethyl adjacent to an activating group) is 1. The van der Waals surface area contributed by atoms with Crippen LogP contribution in [0.2, 0.25) is 0 Å². The van der Waals surface area contributed by atoms with Crippen LogP contribution in [0.4, 0.5) is 5.95 Å². The molecule has 4 nitrogen and oxygen atoms in total. The fourth-order valence-electron chi connectivity index (χ4n) is 2.20. The van der Waals surface area contributed by atoms with Gasteiger partial charge in [0.25, 0.3) is 0 Å². The number of hydrogen-bond acceptors (Lipinski definition) is 3. The molecule has 2 aromatic rings. The second-order valence-corrected chi connectivity index (χ2v) is 5.22. The van der Waals surface area contributed by atoms with Crippen LogP contribution in [-0.4, -0.2) is 41.1 Å². The minimum Gasteiger partial charge on any atom is -0.352 e. The van der Waals surface area contributed by atoms with Crippen LogP contribution in [-0.2, 0) is 0 Å². The average molecular weight is 258 g/mol. The maximum atomic E-state index is 4.57. The molecule has 0 aliphatic carbocycles. The number of para-hydroxylation sites is 1. The zero-order valence-electron chi connectivity index (χ0n) is 12.1. The van der Waals surface area contributed by atoms with E-state index in [2.05, 4.69) is 59.1 Å². The number of nitrogens with zero attached hydrogens (tertiary/aromatic N) is 3. The van der Waals surface area contributed by atoms with Gasteiger partial charge in [-0.15, -0.1) is 0 Å². The molecule has 0 saturated carbocycles. The minimum absolute atomic E-state index is 0.347. The molecule has 1 aromatic carbocycles. The molecule has 0 spiro atoms. The van der Waals surface area contributed by atoms with Gasteiger partial charge in [-0.1, -0.05) is 18.2 Å². The molecule has 0 saturated heterocycles. The van der Waals surface area contributed by atoms with E-state index in [4.69, 9.17) is 0 Å². The average Bonchev–Trinajstić information content (AvgIpc) is 2.70. The van der Waals surface area contributed by atoms with Crippen LogP contribution in [0, 0.1) is 6.92 Å². The van der Waals surface area contributed by atoms with E-state index < -0.39 is 0 Å². The van der Waals surface area contributed by atoms with Gasteiger partial charge < -0.3 is 10.2 Å². The predicted molar refractivity (Wildman–Crippen MR) is 79.9 cm³/mol. The Balaban J connectivity index is 2.22. The highest BCUT2D eigenvalue weighted by atomic mass is 15.2. The van der Waals surface area contributed by atoms with Crippen LogP contribution in [0.3, 0.4) is 0 Å². The lowest BCUT2D eigenvalue weighted by Crippen LogP contribution is -2.30. The van der Waals surface area contributed by atoms with Crippen molar-refractivity contribution >= 4 is 5.95 Å². The highest BCUT2D eigenvalue weighted by Gasteiger charge is 2.10. The zero-order chi connectivity index (χ0) is 13.8. The van der Waals surface area contributed by atoms with E-state index in [9.17, 15) is 0 Å². The van der Waals surface area contributed by atoms with Crippen LogP contribution in [0.5, 0.6) is 0 Å². The third kappa shape index (κ3) is 3.58. The van der Waals surface area contributed by atoms with Gasteiger partial charge >= 0.3 is 0 Å². The van der Waals surface area contributed by atoms with E-state index in [0.717, 1.165) is 23.9 Å². The van der Waals surface area contributed by atoms with E-state index in [1.807, 2.05) is 25.1 Å².